The van der Waals surface area contributed by atoms with Gasteiger partial charge in [-0.3, -0.25) is 0 Å². The van der Waals surface area contributed by atoms with Gasteiger partial charge >= 0.3 is 0 Å². The van der Waals surface area contributed by atoms with Crippen molar-refractivity contribution in [1.29, 1.82) is 0 Å². The van der Waals surface area contributed by atoms with Gasteiger partial charge < -0.3 is 28.8 Å². The second kappa shape index (κ2) is 14.5. The van der Waals surface area contributed by atoms with Crippen molar-refractivity contribution in [3.05, 3.63) is 118 Å². The van der Waals surface area contributed by atoms with Crippen molar-refractivity contribution in [2.75, 3.05) is 16.4 Å². The van der Waals surface area contributed by atoms with Crippen LogP contribution in [-0.2, 0) is 45.5 Å². The molecular formula is C36H35N2O13S4-3. The van der Waals surface area contributed by atoms with Crippen LogP contribution in [0.2, 0.25) is 0 Å². The summed E-state index contributed by atoms with van der Waals surface area (Å²) in [5.41, 5.74) is 4.57. The molecule has 2 aromatic carbocycles. The summed E-state index contributed by atoms with van der Waals surface area (Å²) in [5, 5.41) is 32.3. The second-order valence-corrected chi connectivity index (χ2v) is 19.1. The number of nitrogens with zero attached hydrogens (tertiary/aromatic N) is 2. The topological polar surface area (TPSA) is 251 Å². The van der Waals surface area contributed by atoms with Crippen LogP contribution in [0.25, 0.3) is 0 Å². The number of fused-ring (bicyclic) bond motifs is 6. The van der Waals surface area contributed by atoms with Crippen molar-refractivity contribution < 1.29 is 63.3 Å². The molecule has 6 rings (SSSR count). The molecule has 55 heavy (non-hydrogen) atoms. The number of allylic oxidation sites excluding steroid dienone is 8. The van der Waals surface area contributed by atoms with Gasteiger partial charge in [-0.1, -0.05) is 29.9 Å². The molecule has 0 spiro atoms. The zero-order chi connectivity index (χ0) is 40.3. The Kier molecular flexibility index (Phi) is 10.7. The lowest BCUT2D eigenvalue weighted by Crippen LogP contribution is -2.26. The van der Waals surface area contributed by atoms with Crippen LogP contribution in [-0.4, -0.2) is 71.1 Å². The van der Waals surface area contributed by atoms with Crippen LogP contribution in [0.5, 0.6) is 0 Å². The molecule has 4 aliphatic rings. The largest absolute Gasteiger partial charge is 0.874 e. The lowest BCUT2D eigenvalue weighted by atomic mass is 9.81. The predicted molar refractivity (Wildman–Crippen MR) is 197 cm³/mol. The zero-order valence-corrected chi connectivity index (χ0v) is 32.8. The summed E-state index contributed by atoms with van der Waals surface area (Å²) >= 11 is 0.748. The van der Waals surface area contributed by atoms with Crippen LogP contribution in [0.3, 0.4) is 0 Å². The van der Waals surface area contributed by atoms with Crippen LogP contribution in [0.1, 0.15) is 57.6 Å². The normalized spacial score (nSPS) is 24.0. The third kappa shape index (κ3) is 8.12. The quantitative estimate of drug-likeness (QED) is 0.0579. The molecule has 0 saturated heterocycles. The number of benzene rings is 2. The molecule has 2 N–H and O–H groups in total. The Morgan fingerprint density at radius 2 is 1.65 bits per heavy atom. The van der Waals surface area contributed by atoms with E-state index in [1.807, 2.05) is 51.1 Å². The maximum Gasteiger partial charge on any atom is 0.215 e. The Morgan fingerprint density at radius 1 is 0.964 bits per heavy atom. The first-order chi connectivity index (χ1) is 25.5. The van der Waals surface area contributed by atoms with Gasteiger partial charge in [0, 0.05) is 38.9 Å². The van der Waals surface area contributed by atoms with Crippen LogP contribution in [0.4, 0.5) is 11.4 Å². The molecule has 19 heteroatoms. The minimum Gasteiger partial charge on any atom is -0.874 e. The van der Waals surface area contributed by atoms with Crippen molar-refractivity contribution in [2.45, 2.75) is 67.1 Å². The summed E-state index contributed by atoms with van der Waals surface area (Å²) < 4.78 is 110. The fourth-order valence-electron chi connectivity index (χ4n) is 7.98. The molecule has 0 radical (unpaired) electrons. The fourth-order valence-corrected chi connectivity index (χ4v) is 9.71. The summed E-state index contributed by atoms with van der Waals surface area (Å²) in [4.78, 5) is 1.60. The lowest BCUT2D eigenvalue weighted by Gasteiger charge is -2.26. The maximum absolute atomic E-state index is 12.7. The van der Waals surface area contributed by atoms with Gasteiger partial charge in [0.1, 0.15) is 26.0 Å². The Bertz CT molecular complexity index is 2550. The highest BCUT2D eigenvalue weighted by Crippen LogP contribution is 2.57. The summed E-state index contributed by atoms with van der Waals surface area (Å²) in [5.74, 6) is -3.99. The summed E-state index contributed by atoms with van der Waals surface area (Å²) in [7, 11) is -14.5. The average molecular weight is 832 g/mol. The van der Waals surface area contributed by atoms with E-state index >= 15 is 0 Å². The molecule has 2 atom stereocenters. The van der Waals surface area contributed by atoms with Crippen molar-refractivity contribution in [3.8, 4) is 0 Å². The first-order valence-corrected chi connectivity index (χ1v) is 22.0. The number of hydrogen-bond acceptors (Lipinski definition) is 15. The highest BCUT2D eigenvalue weighted by Gasteiger charge is 2.54. The van der Waals surface area contributed by atoms with E-state index in [0.29, 0.717) is 53.2 Å². The van der Waals surface area contributed by atoms with Crippen LogP contribution >= 0.6 is 12.0 Å². The number of anilines is 1. The van der Waals surface area contributed by atoms with Gasteiger partial charge in [0.15, 0.2) is 5.76 Å². The average Bonchev–Trinajstić information content (AvgIpc) is 3.72. The summed E-state index contributed by atoms with van der Waals surface area (Å²) in [6.07, 6.45) is 11.8. The van der Waals surface area contributed by atoms with Gasteiger partial charge in [-0.05, 0) is 94.1 Å². The van der Waals surface area contributed by atoms with Crippen molar-refractivity contribution in [2.24, 2.45) is 0 Å². The molecule has 1 fully saturated rings. The Hall–Kier alpha value is -4.05. The summed E-state index contributed by atoms with van der Waals surface area (Å²) in [6.45, 7) is 5.68. The molecule has 1 saturated carbocycles. The Morgan fingerprint density at radius 3 is 2.31 bits per heavy atom. The van der Waals surface area contributed by atoms with Crippen LogP contribution < -0.4 is 10.0 Å². The smallest absolute Gasteiger partial charge is 0.215 e. The molecule has 2 aliphatic heterocycles. The van der Waals surface area contributed by atoms with Crippen LogP contribution in [0, 0.1) is 0 Å². The minimum absolute atomic E-state index is 0.370. The Labute approximate surface area is 323 Å². The van der Waals surface area contributed by atoms with E-state index in [1.54, 1.807) is 16.7 Å². The first-order valence-electron chi connectivity index (χ1n) is 16.7. The van der Waals surface area contributed by atoms with Gasteiger partial charge in [0.25, 0.3) is 0 Å². The molecule has 2 heterocycles. The SMILES string of the molecule is CC(/C=C/C1=C2N(/C=C(/[O-])CS(=O)(=O)[O-])c3ccc(S(=O)(=O)[O-])cc3C2(C)CC1)=C\C=C1/CCC2(C)C1=[N+](/C=C(/O)CS(=O)(=O)[O-])c1ccc(SOO)cc12. The van der Waals surface area contributed by atoms with E-state index < -0.39 is 69.1 Å². The number of hydrogen-bond donors (Lipinski definition) is 2. The number of rotatable bonds is 12. The van der Waals surface area contributed by atoms with E-state index in [0.717, 1.165) is 52.3 Å². The number of aliphatic hydroxyl groups is 1. The van der Waals surface area contributed by atoms with Gasteiger partial charge in [-0.2, -0.15) is 8.91 Å². The molecule has 0 aromatic heterocycles. The van der Waals surface area contributed by atoms with E-state index in [-0.39, 0.29) is 0 Å². The number of aliphatic hydroxyl groups excluding tert-OH is 1. The second-order valence-electron chi connectivity index (χ2n) is 14.2. The first kappa shape index (κ1) is 40.6. The van der Waals surface area contributed by atoms with Crippen molar-refractivity contribution in [1.82, 2.24) is 0 Å². The fraction of sp³-hybridized carbons (Fsp3) is 0.306. The molecule has 294 valence electrons. The molecule has 2 unspecified atom stereocenters. The summed E-state index contributed by atoms with van der Waals surface area (Å²) in [6, 6.07) is 9.00. The van der Waals surface area contributed by atoms with Crippen LogP contribution in [0.15, 0.2) is 117 Å². The minimum atomic E-state index is -4.89. The van der Waals surface area contributed by atoms with Gasteiger partial charge in [0.2, 0.25) is 17.6 Å². The third-order valence-corrected chi connectivity index (χ3v) is 12.9. The standard InChI is InChI=1S/C36H38N2O13S4/c1-22(4-6-23-12-14-35(2)29-16-27(52-51-41)8-10-31(29)37(33(23)35)18-25(39)20-53(42,43)44)5-7-24-13-15-36(3)30-17-28(55(48,49)50)9-11-32(30)38(34(24)36)19-26(40)21-54(45,46)47/h4-11,16-19H,12-15,20-21H2,1-3H3,(H5-,39,40,41,42,43,44,45,46,47,48,49,50)/p-3/b25-18+,26-19+. The van der Waals surface area contributed by atoms with E-state index in [4.69, 9.17) is 5.26 Å². The molecule has 2 aromatic rings. The highest BCUT2D eigenvalue weighted by molar-refractivity contribution is 7.94. The molecule has 2 aliphatic carbocycles. The lowest BCUT2D eigenvalue weighted by molar-refractivity contribution is -0.359. The van der Waals surface area contributed by atoms with Crippen molar-refractivity contribution >= 4 is 59.5 Å². The van der Waals surface area contributed by atoms with Gasteiger partial charge in [-0.15, -0.1) is 5.76 Å². The van der Waals surface area contributed by atoms with E-state index in [2.05, 4.69) is 4.33 Å². The monoisotopic (exact) mass is 831 g/mol. The van der Waals surface area contributed by atoms with Crippen molar-refractivity contribution in [3.63, 3.8) is 0 Å². The van der Waals surface area contributed by atoms with E-state index in [1.165, 1.54) is 23.2 Å². The molecule has 15 nitrogen and oxygen atoms in total. The Balaban J connectivity index is 1.39. The third-order valence-electron chi connectivity index (χ3n) is 10.3. The van der Waals surface area contributed by atoms with E-state index in [9.17, 15) is 49.1 Å². The maximum atomic E-state index is 12.7. The predicted octanol–water partition coefficient (Wildman–Crippen LogP) is 4.18. The molecular weight excluding hydrogens is 797 g/mol. The van der Waals surface area contributed by atoms with Gasteiger partial charge in [-0.25, -0.2) is 30.5 Å². The van der Waals surface area contributed by atoms with Gasteiger partial charge in [0.05, 0.1) is 38.2 Å². The zero-order valence-electron chi connectivity index (χ0n) is 29.6. The highest BCUT2D eigenvalue weighted by atomic mass is 32.2. The molecule has 0 amide bonds. The molecule has 0 bridgehead atoms.